The molecule has 6 nitrogen and oxygen atoms in total. The van der Waals surface area contributed by atoms with Gasteiger partial charge in [-0.1, -0.05) is 12.5 Å². The third-order valence-electron chi connectivity index (χ3n) is 4.83. The van der Waals surface area contributed by atoms with Crippen LogP contribution < -0.4 is 20.1 Å². The molecule has 2 heterocycles. The van der Waals surface area contributed by atoms with Gasteiger partial charge in [-0.05, 0) is 50.9 Å². The van der Waals surface area contributed by atoms with E-state index in [0.717, 1.165) is 42.7 Å². The number of hydrogen-bond donors (Lipinski definition) is 2. The van der Waals surface area contributed by atoms with E-state index in [1.807, 2.05) is 18.2 Å². The molecule has 0 spiro atoms. The van der Waals surface area contributed by atoms with Crippen LogP contribution in [0.3, 0.4) is 0 Å². The monoisotopic (exact) mass is 346 g/mol. The van der Waals surface area contributed by atoms with E-state index in [1.165, 1.54) is 25.8 Å². The second kappa shape index (κ2) is 8.94. The molecule has 2 N–H and O–H groups in total. The molecule has 1 aromatic carbocycles. The Morgan fingerprint density at radius 1 is 1.24 bits per heavy atom. The highest BCUT2D eigenvalue weighted by Gasteiger charge is 2.17. The lowest BCUT2D eigenvalue weighted by Crippen LogP contribution is -2.45. The number of fused-ring (bicyclic) bond motifs is 1. The topological polar surface area (TPSA) is 58.1 Å². The second-order valence-electron chi connectivity index (χ2n) is 6.69. The first-order chi connectivity index (χ1) is 12.3. The number of rotatable bonds is 6. The highest BCUT2D eigenvalue weighted by atomic mass is 16.7. The Morgan fingerprint density at radius 2 is 2.12 bits per heavy atom. The Labute approximate surface area is 150 Å². The Morgan fingerprint density at radius 3 is 2.96 bits per heavy atom. The largest absolute Gasteiger partial charge is 0.454 e. The van der Waals surface area contributed by atoms with Crippen molar-refractivity contribution in [2.75, 3.05) is 33.0 Å². The van der Waals surface area contributed by atoms with Gasteiger partial charge in [-0.3, -0.25) is 4.90 Å². The Hall–Kier alpha value is -1.95. The maximum atomic E-state index is 5.43. The molecule has 0 radical (unpaired) electrons. The SMILES string of the molecule is CCNC(=NCc1ccc2c(c1)OCO2)NCCN1CCCCC1C. The van der Waals surface area contributed by atoms with Gasteiger partial charge in [0.1, 0.15) is 0 Å². The van der Waals surface area contributed by atoms with E-state index in [4.69, 9.17) is 14.5 Å². The van der Waals surface area contributed by atoms with E-state index < -0.39 is 0 Å². The zero-order valence-corrected chi connectivity index (χ0v) is 15.4. The van der Waals surface area contributed by atoms with Crippen LogP contribution >= 0.6 is 0 Å². The van der Waals surface area contributed by atoms with Gasteiger partial charge in [-0.15, -0.1) is 0 Å². The fourth-order valence-corrected chi connectivity index (χ4v) is 3.36. The Bertz CT molecular complexity index is 591. The van der Waals surface area contributed by atoms with Crippen LogP contribution in [0, 0.1) is 0 Å². The van der Waals surface area contributed by atoms with Gasteiger partial charge < -0.3 is 20.1 Å². The number of piperidine rings is 1. The number of ether oxygens (including phenoxy) is 2. The lowest BCUT2D eigenvalue weighted by molar-refractivity contribution is 0.163. The van der Waals surface area contributed by atoms with Crippen molar-refractivity contribution in [2.45, 2.75) is 45.7 Å². The van der Waals surface area contributed by atoms with Gasteiger partial charge in [0.05, 0.1) is 6.54 Å². The van der Waals surface area contributed by atoms with Crippen molar-refractivity contribution in [3.63, 3.8) is 0 Å². The summed E-state index contributed by atoms with van der Waals surface area (Å²) in [6.07, 6.45) is 4.01. The third kappa shape index (κ3) is 5.01. The molecule has 0 amide bonds. The standard InChI is InChI=1S/C19H30N4O2/c1-3-20-19(21-9-11-23-10-5-4-6-15(23)2)22-13-16-7-8-17-18(12-16)25-14-24-17/h7-8,12,15H,3-6,9-11,13-14H2,1-2H3,(H2,20,21,22). The molecule has 0 bridgehead atoms. The molecule has 0 aromatic heterocycles. The number of nitrogens with one attached hydrogen (secondary N) is 2. The molecule has 2 aliphatic heterocycles. The molecule has 1 fully saturated rings. The van der Waals surface area contributed by atoms with Crippen LogP contribution in [0.5, 0.6) is 11.5 Å². The van der Waals surface area contributed by atoms with Crippen LogP contribution in [0.2, 0.25) is 0 Å². The fourth-order valence-electron chi connectivity index (χ4n) is 3.36. The number of benzene rings is 1. The molecule has 2 aliphatic rings. The Balaban J connectivity index is 1.50. The summed E-state index contributed by atoms with van der Waals surface area (Å²) in [4.78, 5) is 7.26. The van der Waals surface area contributed by atoms with Crippen LogP contribution in [-0.2, 0) is 6.54 Å². The van der Waals surface area contributed by atoms with E-state index in [1.54, 1.807) is 0 Å². The molecule has 3 rings (SSSR count). The second-order valence-corrected chi connectivity index (χ2v) is 6.69. The van der Waals surface area contributed by atoms with Gasteiger partial charge in [0.15, 0.2) is 17.5 Å². The fraction of sp³-hybridized carbons (Fsp3) is 0.632. The predicted molar refractivity (Wildman–Crippen MR) is 100 cm³/mol. The molecular formula is C19H30N4O2. The normalized spacial score (nSPS) is 20.6. The molecule has 1 unspecified atom stereocenters. The maximum absolute atomic E-state index is 5.43. The molecule has 25 heavy (non-hydrogen) atoms. The average molecular weight is 346 g/mol. The summed E-state index contributed by atoms with van der Waals surface area (Å²) < 4.78 is 10.8. The van der Waals surface area contributed by atoms with E-state index in [9.17, 15) is 0 Å². The molecule has 1 atom stereocenters. The number of hydrogen-bond acceptors (Lipinski definition) is 4. The van der Waals surface area contributed by atoms with E-state index >= 15 is 0 Å². The van der Waals surface area contributed by atoms with E-state index in [2.05, 4.69) is 29.4 Å². The maximum Gasteiger partial charge on any atom is 0.231 e. The van der Waals surface area contributed by atoms with Gasteiger partial charge in [0, 0.05) is 25.7 Å². The summed E-state index contributed by atoms with van der Waals surface area (Å²) in [5, 5.41) is 6.77. The summed E-state index contributed by atoms with van der Waals surface area (Å²) in [7, 11) is 0. The van der Waals surface area contributed by atoms with E-state index in [-0.39, 0.29) is 0 Å². The van der Waals surface area contributed by atoms with Crippen molar-refractivity contribution in [3.8, 4) is 11.5 Å². The van der Waals surface area contributed by atoms with Crippen molar-refractivity contribution in [1.29, 1.82) is 0 Å². The quantitative estimate of drug-likeness (QED) is 0.612. The molecule has 6 heteroatoms. The van der Waals surface area contributed by atoms with Crippen molar-refractivity contribution in [1.82, 2.24) is 15.5 Å². The molecule has 0 saturated carbocycles. The lowest BCUT2D eigenvalue weighted by atomic mass is 10.0. The molecule has 138 valence electrons. The van der Waals surface area contributed by atoms with Gasteiger partial charge in [-0.25, -0.2) is 4.99 Å². The van der Waals surface area contributed by atoms with Crippen molar-refractivity contribution < 1.29 is 9.47 Å². The van der Waals surface area contributed by atoms with Gasteiger partial charge >= 0.3 is 0 Å². The minimum Gasteiger partial charge on any atom is -0.454 e. The van der Waals surface area contributed by atoms with Gasteiger partial charge in [-0.2, -0.15) is 0 Å². The molecule has 0 aliphatic carbocycles. The van der Waals surface area contributed by atoms with Crippen LogP contribution in [0.4, 0.5) is 0 Å². The highest BCUT2D eigenvalue weighted by molar-refractivity contribution is 5.79. The summed E-state index contributed by atoms with van der Waals surface area (Å²) in [5.41, 5.74) is 1.12. The summed E-state index contributed by atoms with van der Waals surface area (Å²) in [6, 6.07) is 6.69. The number of likely N-dealkylation sites (tertiary alicyclic amines) is 1. The van der Waals surface area contributed by atoms with Crippen LogP contribution in [0.15, 0.2) is 23.2 Å². The summed E-state index contributed by atoms with van der Waals surface area (Å²) >= 11 is 0. The number of nitrogens with zero attached hydrogens (tertiary/aromatic N) is 2. The van der Waals surface area contributed by atoms with Crippen LogP contribution in [-0.4, -0.2) is 49.9 Å². The minimum absolute atomic E-state index is 0.307. The number of guanidine groups is 1. The smallest absolute Gasteiger partial charge is 0.231 e. The van der Waals surface area contributed by atoms with Gasteiger partial charge in [0.2, 0.25) is 6.79 Å². The minimum atomic E-state index is 0.307. The van der Waals surface area contributed by atoms with Crippen molar-refractivity contribution in [2.24, 2.45) is 4.99 Å². The van der Waals surface area contributed by atoms with Crippen LogP contribution in [0.1, 0.15) is 38.7 Å². The van der Waals surface area contributed by atoms with Gasteiger partial charge in [0.25, 0.3) is 0 Å². The van der Waals surface area contributed by atoms with E-state index in [0.29, 0.717) is 19.4 Å². The third-order valence-corrected chi connectivity index (χ3v) is 4.83. The Kier molecular flexibility index (Phi) is 6.39. The molecule has 1 saturated heterocycles. The molecule has 1 aromatic rings. The van der Waals surface area contributed by atoms with Crippen molar-refractivity contribution >= 4 is 5.96 Å². The first-order valence-electron chi connectivity index (χ1n) is 9.41. The van der Waals surface area contributed by atoms with Crippen LogP contribution in [0.25, 0.3) is 0 Å². The highest BCUT2D eigenvalue weighted by Crippen LogP contribution is 2.32. The summed E-state index contributed by atoms with van der Waals surface area (Å²) in [6.45, 7) is 9.39. The first-order valence-corrected chi connectivity index (χ1v) is 9.41. The van der Waals surface area contributed by atoms with Crippen molar-refractivity contribution in [3.05, 3.63) is 23.8 Å². The predicted octanol–water partition coefficient (Wildman–Crippen LogP) is 2.34. The first kappa shape index (κ1) is 17.9. The zero-order valence-electron chi connectivity index (χ0n) is 15.4. The number of aliphatic imine (C=N–C) groups is 1. The zero-order chi connectivity index (χ0) is 17.5. The molecular weight excluding hydrogens is 316 g/mol. The lowest BCUT2D eigenvalue weighted by Gasteiger charge is -2.33. The average Bonchev–Trinajstić information content (AvgIpc) is 3.09. The summed E-state index contributed by atoms with van der Waals surface area (Å²) in [5.74, 6) is 2.49.